The number of nitrogen functional groups attached to an aromatic ring is 1. The molecule has 1 atom stereocenters. The highest BCUT2D eigenvalue weighted by molar-refractivity contribution is 7.99. The molecule has 2 N–H and O–H groups in total. The Balaban J connectivity index is 2.02. The highest BCUT2D eigenvalue weighted by atomic mass is 32.2. The number of methoxy groups -OCH3 is 1. The van der Waals surface area contributed by atoms with Crippen LogP contribution in [0, 0.1) is 0 Å². The molecular formula is C12H16N2O3S. The maximum atomic E-state index is 11.5. The second-order valence-corrected chi connectivity index (χ2v) is 5.09. The van der Waals surface area contributed by atoms with Crippen molar-refractivity contribution in [2.45, 2.75) is 24.0 Å². The van der Waals surface area contributed by atoms with Gasteiger partial charge >= 0.3 is 5.97 Å². The molecule has 1 unspecified atom stereocenters. The molecule has 1 aliphatic rings. The molecule has 1 aromatic rings. The molecule has 1 saturated heterocycles. The summed E-state index contributed by atoms with van der Waals surface area (Å²) in [4.78, 5) is 15.7. The fourth-order valence-corrected chi connectivity index (χ4v) is 2.71. The lowest BCUT2D eigenvalue weighted by atomic mass is 10.2. The zero-order valence-corrected chi connectivity index (χ0v) is 11.0. The second-order valence-electron chi connectivity index (χ2n) is 4.05. The Morgan fingerprint density at radius 1 is 1.72 bits per heavy atom. The first-order valence-corrected chi connectivity index (χ1v) is 6.77. The van der Waals surface area contributed by atoms with E-state index in [1.807, 2.05) is 0 Å². The largest absolute Gasteiger partial charge is 0.465 e. The number of pyridine rings is 1. The quantitative estimate of drug-likeness (QED) is 0.662. The number of esters is 1. The van der Waals surface area contributed by atoms with Crippen molar-refractivity contribution in [2.75, 3.05) is 25.2 Å². The number of aromatic nitrogens is 1. The molecule has 0 aliphatic carbocycles. The lowest BCUT2D eigenvalue weighted by Gasteiger charge is -2.09. The van der Waals surface area contributed by atoms with Gasteiger partial charge in [-0.3, -0.25) is 0 Å². The molecule has 0 aromatic carbocycles. The molecular weight excluding hydrogens is 252 g/mol. The topological polar surface area (TPSA) is 74.4 Å². The lowest BCUT2D eigenvalue weighted by molar-refractivity contribution is 0.0601. The van der Waals surface area contributed by atoms with Gasteiger partial charge in [0.2, 0.25) is 0 Å². The van der Waals surface area contributed by atoms with Gasteiger partial charge in [-0.2, -0.15) is 0 Å². The van der Waals surface area contributed by atoms with Crippen LogP contribution in [0.25, 0.3) is 0 Å². The maximum Gasteiger partial charge on any atom is 0.340 e. The third kappa shape index (κ3) is 3.14. The highest BCUT2D eigenvalue weighted by Gasteiger charge is 2.17. The summed E-state index contributed by atoms with van der Waals surface area (Å²) >= 11 is 1.57. The number of carbonyl (C=O) groups excluding carboxylic acids is 1. The molecule has 0 bridgehead atoms. The Labute approximate surface area is 110 Å². The Morgan fingerprint density at radius 2 is 2.56 bits per heavy atom. The van der Waals surface area contributed by atoms with Crippen molar-refractivity contribution in [3.05, 3.63) is 17.8 Å². The monoisotopic (exact) mass is 268 g/mol. The van der Waals surface area contributed by atoms with Crippen molar-refractivity contribution in [3.8, 4) is 0 Å². The van der Waals surface area contributed by atoms with E-state index in [-0.39, 0.29) is 6.10 Å². The molecule has 18 heavy (non-hydrogen) atoms. The number of rotatable bonds is 4. The van der Waals surface area contributed by atoms with Gasteiger partial charge < -0.3 is 15.2 Å². The van der Waals surface area contributed by atoms with Crippen molar-refractivity contribution in [2.24, 2.45) is 0 Å². The summed E-state index contributed by atoms with van der Waals surface area (Å²) in [5.74, 6) is 0.409. The molecule has 98 valence electrons. The van der Waals surface area contributed by atoms with E-state index < -0.39 is 5.97 Å². The Bertz CT molecular complexity index is 433. The van der Waals surface area contributed by atoms with E-state index in [0.717, 1.165) is 30.2 Å². The predicted molar refractivity (Wildman–Crippen MR) is 69.7 cm³/mol. The molecule has 2 heterocycles. The second kappa shape index (κ2) is 6.06. The van der Waals surface area contributed by atoms with Crippen molar-refractivity contribution in [1.82, 2.24) is 4.98 Å². The van der Waals surface area contributed by atoms with Crippen LogP contribution < -0.4 is 5.73 Å². The van der Waals surface area contributed by atoms with Crippen LogP contribution in [-0.2, 0) is 9.47 Å². The summed E-state index contributed by atoms with van der Waals surface area (Å²) in [6, 6.07) is 1.67. The molecule has 6 heteroatoms. The highest BCUT2D eigenvalue weighted by Crippen LogP contribution is 2.24. The van der Waals surface area contributed by atoms with Crippen LogP contribution in [-0.4, -0.2) is 36.5 Å². The van der Waals surface area contributed by atoms with E-state index in [9.17, 15) is 4.79 Å². The predicted octanol–water partition coefficient (Wildman–Crippen LogP) is 1.72. The van der Waals surface area contributed by atoms with Gasteiger partial charge in [-0.15, -0.1) is 11.8 Å². The van der Waals surface area contributed by atoms with E-state index in [1.165, 1.54) is 13.3 Å². The molecule has 0 spiro atoms. The normalized spacial score (nSPS) is 18.8. The van der Waals surface area contributed by atoms with E-state index in [2.05, 4.69) is 9.72 Å². The smallest absolute Gasteiger partial charge is 0.340 e. The number of thioether (sulfide) groups is 1. The minimum Gasteiger partial charge on any atom is -0.465 e. The summed E-state index contributed by atoms with van der Waals surface area (Å²) in [5.41, 5.74) is 6.39. The summed E-state index contributed by atoms with van der Waals surface area (Å²) in [6.45, 7) is 0.841. The Kier molecular flexibility index (Phi) is 4.43. The average Bonchev–Trinajstić information content (AvgIpc) is 2.90. The van der Waals surface area contributed by atoms with Crippen LogP contribution in [0.5, 0.6) is 0 Å². The van der Waals surface area contributed by atoms with Gasteiger partial charge in [0.05, 0.1) is 35.7 Å². The van der Waals surface area contributed by atoms with Crippen LogP contribution in [0.3, 0.4) is 0 Å². The molecule has 5 nitrogen and oxygen atoms in total. The van der Waals surface area contributed by atoms with E-state index >= 15 is 0 Å². The first-order valence-electron chi connectivity index (χ1n) is 5.79. The summed E-state index contributed by atoms with van der Waals surface area (Å²) in [7, 11) is 1.33. The van der Waals surface area contributed by atoms with Gasteiger partial charge in [0.25, 0.3) is 0 Å². The van der Waals surface area contributed by atoms with Crippen LogP contribution >= 0.6 is 11.8 Å². The van der Waals surface area contributed by atoms with Crippen LogP contribution in [0.2, 0.25) is 0 Å². The fraction of sp³-hybridized carbons (Fsp3) is 0.500. The number of nitrogens with two attached hydrogens (primary N) is 1. The Morgan fingerprint density at radius 3 is 3.22 bits per heavy atom. The van der Waals surface area contributed by atoms with Gasteiger partial charge in [0.1, 0.15) is 0 Å². The lowest BCUT2D eigenvalue weighted by Crippen LogP contribution is -2.09. The van der Waals surface area contributed by atoms with Gasteiger partial charge in [-0.1, -0.05) is 0 Å². The summed E-state index contributed by atoms with van der Waals surface area (Å²) < 4.78 is 10.2. The summed E-state index contributed by atoms with van der Waals surface area (Å²) in [6.07, 6.45) is 3.99. The Hall–Kier alpha value is -1.27. The van der Waals surface area contributed by atoms with E-state index in [1.54, 1.807) is 17.8 Å². The molecule has 1 aromatic heterocycles. The third-order valence-corrected chi connectivity index (χ3v) is 3.81. The molecule has 0 saturated carbocycles. The minimum absolute atomic E-state index is 0.288. The van der Waals surface area contributed by atoms with Crippen LogP contribution in [0.15, 0.2) is 17.3 Å². The van der Waals surface area contributed by atoms with Crippen molar-refractivity contribution in [3.63, 3.8) is 0 Å². The number of carbonyl (C=O) groups is 1. The zero-order valence-electron chi connectivity index (χ0n) is 10.2. The van der Waals surface area contributed by atoms with E-state index in [4.69, 9.17) is 10.5 Å². The molecule has 0 amide bonds. The number of ether oxygens (including phenoxy) is 2. The molecule has 1 fully saturated rings. The SMILES string of the molecule is COC(=O)c1cc(SCC2CCCO2)ncc1N. The van der Waals surface area contributed by atoms with Gasteiger partial charge in [-0.05, 0) is 18.9 Å². The first kappa shape index (κ1) is 13.2. The average molecular weight is 268 g/mol. The van der Waals surface area contributed by atoms with Crippen molar-refractivity contribution >= 4 is 23.4 Å². The molecule has 0 radical (unpaired) electrons. The first-order chi connectivity index (χ1) is 8.70. The number of hydrogen-bond donors (Lipinski definition) is 1. The van der Waals surface area contributed by atoms with Crippen LogP contribution in [0.4, 0.5) is 5.69 Å². The standard InChI is InChI=1S/C12H16N2O3S/c1-16-12(15)9-5-11(14-6-10(9)13)18-7-8-3-2-4-17-8/h5-6,8H,2-4,7,13H2,1H3. The fourth-order valence-electron chi connectivity index (χ4n) is 1.77. The van der Waals surface area contributed by atoms with Gasteiger partial charge in [0.15, 0.2) is 0 Å². The van der Waals surface area contributed by atoms with Crippen LogP contribution in [0.1, 0.15) is 23.2 Å². The zero-order chi connectivity index (χ0) is 13.0. The number of nitrogens with zero attached hydrogens (tertiary/aromatic N) is 1. The maximum absolute atomic E-state index is 11.5. The minimum atomic E-state index is -0.436. The number of hydrogen-bond acceptors (Lipinski definition) is 6. The van der Waals surface area contributed by atoms with Crippen molar-refractivity contribution in [1.29, 1.82) is 0 Å². The summed E-state index contributed by atoms with van der Waals surface area (Å²) in [5, 5.41) is 0.764. The van der Waals surface area contributed by atoms with Crippen molar-refractivity contribution < 1.29 is 14.3 Å². The van der Waals surface area contributed by atoms with Gasteiger partial charge in [-0.25, -0.2) is 9.78 Å². The molecule has 1 aliphatic heterocycles. The third-order valence-electron chi connectivity index (χ3n) is 2.76. The van der Waals surface area contributed by atoms with E-state index in [0.29, 0.717) is 11.3 Å². The van der Waals surface area contributed by atoms with Gasteiger partial charge in [0, 0.05) is 12.4 Å². The number of anilines is 1. The molecule has 2 rings (SSSR count).